The Hall–Kier alpha value is -2.78. The zero-order chi connectivity index (χ0) is 26.2. The summed E-state index contributed by atoms with van der Waals surface area (Å²) in [6.45, 7) is 3.21. The highest BCUT2D eigenvalue weighted by atomic mass is 35.5. The van der Waals surface area contributed by atoms with E-state index < -0.39 is 28.0 Å². The summed E-state index contributed by atoms with van der Waals surface area (Å²) in [6, 6.07) is 15.3. The number of nitrogens with one attached hydrogen (secondary N) is 1. The molecule has 1 heterocycles. The van der Waals surface area contributed by atoms with E-state index >= 15 is 0 Å². The molecule has 0 aliphatic carbocycles. The number of para-hydroxylation sites is 1. The lowest BCUT2D eigenvalue weighted by Crippen LogP contribution is -2.35. The molecule has 11 heteroatoms. The highest BCUT2D eigenvalue weighted by Crippen LogP contribution is 2.37. The van der Waals surface area contributed by atoms with Crippen molar-refractivity contribution in [3.05, 3.63) is 86.9 Å². The average Bonchev–Trinajstić information content (AvgIpc) is 3.18. The number of halogens is 3. The van der Waals surface area contributed by atoms with E-state index in [0.717, 1.165) is 5.56 Å². The molecule has 0 spiro atoms. The maximum absolute atomic E-state index is 13.5. The number of carbonyl (C=O) groups is 2. The monoisotopic (exact) mass is 566 g/mol. The molecule has 188 valence electrons. The molecule has 4 rings (SSSR count). The number of esters is 1. The minimum atomic E-state index is -3.95. The Morgan fingerprint density at radius 2 is 1.69 bits per heavy atom. The number of nitrogens with zero attached hydrogens (tertiary/aromatic N) is 1. The fraction of sp³-hybridized carbons (Fsp3) is 0.200. The lowest BCUT2D eigenvalue weighted by molar-refractivity contribution is -0.123. The van der Waals surface area contributed by atoms with Crippen LogP contribution in [-0.4, -0.2) is 32.4 Å². The van der Waals surface area contributed by atoms with Gasteiger partial charge in [-0.1, -0.05) is 59.1 Å². The topological polar surface area (TPSA) is 92.8 Å². The van der Waals surface area contributed by atoms with Crippen molar-refractivity contribution in [2.45, 2.75) is 37.3 Å². The molecule has 2 unspecified atom stereocenters. The Balaban J connectivity index is 1.50. The first-order valence-electron chi connectivity index (χ1n) is 10.9. The van der Waals surface area contributed by atoms with E-state index in [1.807, 2.05) is 19.1 Å². The number of anilines is 2. The molecule has 2 atom stereocenters. The van der Waals surface area contributed by atoms with Gasteiger partial charge in [-0.25, -0.2) is 13.2 Å². The quantitative estimate of drug-likeness (QED) is 0.293. The molecule has 0 saturated carbocycles. The summed E-state index contributed by atoms with van der Waals surface area (Å²) in [5.41, 5.74) is 1.74. The fourth-order valence-electron chi connectivity index (χ4n) is 3.94. The number of benzene rings is 3. The number of ether oxygens (including phenoxy) is 1. The van der Waals surface area contributed by atoms with Gasteiger partial charge >= 0.3 is 5.97 Å². The Morgan fingerprint density at radius 1 is 1.00 bits per heavy atom. The number of sulfonamides is 1. The Bertz CT molecular complexity index is 1460. The summed E-state index contributed by atoms with van der Waals surface area (Å²) in [5.74, 6) is -1.51. The molecule has 36 heavy (non-hydrogen) atoms. The molecule has 1 amide bonds. The van der Waals surface area contributed by atoms with Crippen molar-refractivity contribution in [3.63, 3.8) is 0 Å². The van der Waals surface area contributed by atoms with E-state index in [-0.39, 0.29) is 37.3 Å². The third kappa shape index (κ3) is 5.18. The Labute approximate surface area is 224 Å². The summed E-state index contributed by atoms with van der Waals surface area (Å²) in [4.78, 5) is 25.3. The van der Waals surface area contributed by atoms with Crippen LogP contribution in [0.2, 0.25) is 15.1 Å². The van der Waals surface area contributed by atoms with Gasteiger partial charge in [-0.3, -0.25) is 9.10 Å². The van der Waals surface area contributed by atoms with Crippen molar-refractivity contribution in [2.75, 3.05) is 9.62 Å². The normalized spacial score (nSPS) is 15.8. The second kappa shape index (κ2) is 10.3. The molecule has 1 aliphatic heterocycles. The van der Waals surface area contributed by atoms with E-state index in [1.165, 1.54) is 47.6 Å². The molecule has 0 aromatic heterocycles. The van der Waals surface area contributed by atoms with Gasteiger partial charge in [0.1, 0.15) is 0 Å². The molecule has 0 bridgehead atoms. The molecular formula is C25H21Cl3N2O5S. The first-order chi connectivity index (χ1) is 17.0. The van der Waals surface area contributed by atoms with E-state index in [9.17, 15) is 18.0 Å². The highest BCUT2D eigenvalue weighted by Gasteiger charge is 2.36. The zero-order valence-corrected chi connectivity index (χ0v) is 22.3. The fourth-order valence-corrected chi connectivity index (χ4v) is 6.27. The number of fused-ring (bicyclic) bond motifs is 1. The number of carbonyl (C=O) groups excluding carboxylic acids is 2. The van der Waals surface area contributed by atoms with Crippen LogP contribution in [0.3, 0.4) is 0 Å². The van der Waals surface area contributed by atoms with Gasteiger partial charge in [0, 0.05) is 6.04 Å². The van der Waals surface area contributed by atoms with Gasteiger partial charge in [0.2, 0.25) is 0 Å². The molecule has 1 aliphatic rings. The van der Waals surface area contributed by atoms with Crippen molar-refractivity contribution in [2.24, 2.45) is 0 Å². The molecule has 0 saturated heterocycles. The standard InChI is InChI=1S/C25H21Cl3N2O5S/c1-14-10-16-6-3-4-9-23(16)30(14)36(33,34)18-8-5-7-17(11-18)25(32)35-15(2)24(31)29-22-13-20(27)19(26)12-21(22)28/h3-9,11-15H,10H2,1-2H3,(H,29,31). The molecule has 7 nitrogen and oxygen atoms in total. The van der Waals surface area contributed by atoms with Gasteiger partial charge in [0.05, 0.1) is 36.9 Å². The van der Waals surface area contributed by atoms with Crippen LogP contribution in [0.4, 0.5) is 11.4 Å². The van der Waals surface area contributed by atoms with Crippen LogP contribution in [0.5, 0.6) is 0 Å². The van der Waals surface area contributed by atoms with Gasteiger partial charge in [-0.05, 0) is 62.2 Å². The van der Waals surface area contributed by atoms with Crippen LogP contribution in [0.1, 0.15) is 29.8 Å². The number of amides is 1. The predicted molar refractivity (Wildman–Crippen MR) is 141 cm³/mol. The minimum Gasteiger partial charge on any atom is -0.449 e. The van der Waals surface area contributed by atoms with E-state index in [0.29, 0.717) is 12.1 Å². The number of rotatable bonds is 6. The van der Waals surface area contributed by atoms with Crippen molar-refractivity contribution >= 4 is 68.1 Å². The second-order valence-electron chi connectivity index (χ2n) is 8.29. The van der Waals surface area contributed by atoms with Gasteiger partial charge in [-0.15, -0.1) is 0 Å². The van der Waals surface area contributed by atoms with Crippen molar-refractivity contribution in [1.29, 1.82) is 0 Å². The van der Waals surface area contributed by atoms with Gasteiger partial charge < -0.3 is 10.1 Å². The summed E-state index contributed by atoms with van der Waals surface area (Å²) in [5, 5.41) is 3.10. The van der Waals surface area contributed by atoms with Gasteiger partial charge in [0.25, 0.3) is 15.9 Å². The van der Waals surface area contributed by atoms with Crippen molar-refractivity contribution in [1.82, 2.24) is 0 Å². The largest absolute Gasteiger partial charge is 0.449 e. The lowest BCUT2D eigenvalue weighted by atomic mass is 10.1. The van der Waals surface area contributed by atoms with Crippen LogP contribution >= 0.6 is 34.8 Å². The number of hydrogen-bond acceptors (Lipinski definition) is 5. The smallest absolute Gasteiger partial charge is 0.338 e. The van der Waals surface area contributed by atoms with Crippen LogP contribution in [0, 0.1) is 0 Å². The minimum absolute atomic E-state index is 0.0107. The highest BCUT2D eigenvalue weighted by molar-refractivity contribution is 7.92. The van der Waals surface area contributed by atoms with Crippen molar-refractivity contribution < 1.29 is 22.7 Å². The molecule has 0 radical (unpaired) electrons. The van der Waals surface area contributed by atoms with Gasteiger partial charge in [0.15, 0.2) is 6.10 Å². The maximum atomic E-state index is 13.5. The molecule has 3 aromatic carbocycles. The molecule has 0 fully saturated rings. The maximum Gasteiger partial charge on any atom is 0.338 e. The third-order valence-electron chi connectivity index (χ3n) is 5.69. The first kappa shape index (κ1) is 26.3. The SMILES string of the molecule is CC(OC(=O)c1cccc(S(=O)(=O)N2c3ccccc3CC2C)c1)C(=O)Nc1cc(Cl)c(Cl)cc1Cl. The van der Waals surface area contributed by atoms with Gasteiger partial charge in [-0.2, -0.15) is 0 Å². The third-order valence-corrected chi connectivity index (χ3v) is 8.65. The number of hydrogen-bond donors (Lipinski definition) is 1. The average molecular weight is 568 g/mol. The summed E-state index contributed by atoms with van der Waals surface area (Å²) in [6.07, 6.45) is -0.624. The summed E-state index contributed by atoms with van der Waals surface area (Å²) >= 11 is 17.9. The van der Waals surface area contributed by atoms with E-state index in [2.05, 4.69) is 5.32 Å². The Kier molecular flexibility index (Phi) is 7.52. The van der Waals surface area contributed by atoms with Crippen LogP contribution in [0.15, 0.2) is 65.6 Å². The Morgan fingerprint density at radius 3 is 2.44 bits per heavy atom. The van der Waals surface area contributed by atoms with Crippen molar-refractivity contribution in [3.8, 4) is 0 Å². The van der Waals surface area contributed by atoms with E-state index in [4.69, 9.17) is 39.5 Å². The van der Waals surface area contributed by atoms with E-state index in [1.54, 1.807) is 12.1 Å². The van der Waals surface area contributed by atoms with Crippen LogP contribution in [-0.2, 0) is 26.0 Å². The molecule has 1 N–H and O–H groups in total. The van der Waals surface area contributed by atoms with Crippen LogP contribution in [0.25, 0.3) is 0 Å². The summed E-state index contributed by atoms with van der Waals surface area (Å²) in [7, 11) is -3.95. The van der Waals surface area contributed by atoms with Crippen LogP contribution < -0.4 is 9.62 Å². The first-order valence-corrected chi connectivity index (χ1v) is 13.4. The predicted octanol–water partition coefficient (Wildman–Crippen LogP) is 5.97. The zero-order valence-electron chi connectivity index (χ0n) is 19.2. The molecular weight excluding hydrogens is 547 g/mol. The lowest BCUT2D eigenvalue weighted by Gasteiger charge is -2.24. The second-order valence-corrected chi connectivity index (χ2v) is 11.3. The molecule has 3 aromatic rings. The summed E-state index contributed by atoms with van der Waals surface area (Å²) < 4.78 is 33.6.